The van der Waals surface area contributed by atoms with Crippen molar-refractivity contribution in [3.63, 3.8) is 0 Å². The van der Waals surface area contributed by atoms with Crippen LogP contribution in [0.2, 0.25) is 0 Å². The van der Waals surface area contributed by atoms with Gasteiger partial charge in [0.05, 0.1) is 10.4 Å². The van der Waals surface area contributed by atoms with Crippen LogP contribution in [0.3, 0.4) is 0 Å². The molecule has 20 heavy (non-hydrogen) atoms. The number of aryl methyl sites for hydroxylation is 3. The standard InChI is InChI=1S/C17H15NOS/c1-10-8-16(20-12(10)3)17(19)14-6-7-15-13(9-14)5-4-11(2)18-15/h4-9H,1-3H3. The molecule has 0 aliphatic heterocycles. The van der Waals surface area contributed by atoms with Gasteiger partial charge in [-0.3, -0.25) is 9.78 Å². The first-order valence-electron chi connectivity index (χ1n) is 6.54. The maximum Gasteiger partial charge on any atom is 0.202 e. The molecule has 0 atom stereocenters. The third-order valence-corrected chi connectivity index (χ3v) is 4.63. The van der Waals surface area contributed by atoms with Crippen LogP contribution in [0.4, 0.5) is 0 Å². The number of thiophene rings is 1. The maximum absolute atomic E-state index is 12.5. The second-order valence-corrected chi connectivity index (χ2v) is 6.30. The molecule has 0 saturated carbocycles. The molecule has 2 nitrogen and oxygen atoms in total. The molecule has 2 heterocycles. The summed E-state index contributed by atoms with van der Waals surface area (Å²) in [6.45, 7) is 6.05. The maximum atomic E-state index is 12.5. The van der Waals surface area contributed by atoms with Crippen molar-refractivity contribution in [3.05, 3.63) is 63.0 Å². The van der Waals surface area contributed by atoms with Crippen LogP contribution in [-0.2, 0) is 0 Å². The molecule has 3 aromatic rings. The Morgan fingerprint density at radius 2 is 1.85 bits per heavy atom. The molecule has 0 fully saturated rings. The Labute approximate surface area is 122 Å². The molecule has 0 spiro atoms. The molecular formula is C17H15NOS. The Morgan fingerprint density at radius 3 is 2.55 bits per heavy atom. The average molecular weight is 281 g/mol. The van der Waals surface area contributed by atoms with Crippen molar-refractivity contribution in [2.24, 2.45) is 0 Å². The number of rotatable bonds is 2. The van der Waals surface area contributed by atoms with Crippen molar-refractivity contribution in [3.8, 4) is 0 Å². The van der Waals surface area contributed by atoms with E-state index in [0.29, 0.717) is 0 Å². The number of hydrogen-bond acceptors (Lipinski definition) is 3. The van der Waals surface area contributed by atoms with E-state index in [-0.39, 0.29) is 5.78 Å². The topological polar surface area (TPSA) is 30.0 Å². The first kappa shape index (κ1) is 13.0. The molecule has 0 N–H and O–H groups in total. The Kier molecular flexibility index (Phi) is 3.14. The molecule has 0 radical (unpaired) electrons. The number of fused-ring (bicyclic) bond motifs is 1. The third-order valence-electron chi connectivity index (χ3n) is 3.48. The van der Waals surface area contributed by atoms with E-state index in [1.54, 1.807) is 11.3 Å². The van der Waals surface area contributed by atoms with Crippen molar-refractivity contribution in [2.45, 2.75) is 20.8 Å². The van der Waals surface area contributed by atoms with Gasteiger partial charge in [0.15, 0.2) is 0 Å². The van der Waals surface area contributed by atoms with E-state index < -0.39 is 0 Å². The fraction of sp³-hybridized carbons (Fsp3) is 0.176. The van der Waals surface area contributed by atoms with Gasteiger partial charge in [-0.1, -0.05) is 6.07 Å². The highest BCUT2D eigenvalue weighted by Gasteiger charge is 2.13. The molecule has 0 aliphatic carbocycles. The molecule has 0 amide bonds. The van der Waals surface area contributed by atoms with Gasteiger partial charge in [0.1, 0.15) is 0 Å². The number of aromatic nitrogens is 1. The lowest BCUT2D eigenvalue weighted by atomic mass is 10.1. The molecule has 0 saturated heterocycles. The van der Waals surface area contributed by atoms with Crippen LogP contribution in [-0.4, -0.2) is 10.8 Å². The Bertz CT molecular complexity index is 797. The van der Waals surface area contributed by atoms with Crippen LogP contribution in [0.25, 0.3) is 10.9 Å². The Hall–Kier alpha value is -2.00. The highest BCUT2D eigenvalue weighted by atomic mass is 32.1. The Balaban J connectivity index is 2.05. The van der Waals surface area contributed by atoms with E-state index >= 15 is 0 Å². The molecular weight excluding hydrogens is 266 g/mol. The van der Waals surface area contributed by atoms with Gasteiger partial charge in [0.25, 0.3) is 0 Å². The minimum Gasteiger partial charge on any atom is -0.288 e. The van der Waals surface area contributed by atoms with Crippen molar-refractivity contribution in [1.29, 1.82) is 0 Å². The smallest absolute Gasteiger partial charge is 0.202 e. The number of ketones is 1. The summed E-state index contributed by atoms with van der Waals surface area (Å²) < 4.78 is 0. The molecule has 3 heteroatoms. The molecule has 0 aliphatic rings. The summed E-state index contributed by atoms with van der Waals surface area (Å²) in [5.41, 5.74) is 3.82. The molecule has 0 bridgehead atoms. The van der Waals surface area contributed by atoms with Gasteiger partial charge in [-0.25, -0.2) is 0 Å². The second-order valence-electron chi connectivity index (χ2n) is 5.04. The van der Waals surface area contributed by atoms with E-state index in [1.807, 2.05) is 57.2 Å². The van der Waals surface area contributed by atoms with Gasteiger partial charge in [-0.2, -0.15) is 0 Å². The normalized spacial score (nSPS) is 10.9. The van der Waals surface area contributed by atoms with Crippen molar-refractivity contribution in [1.82, 2.24) is 4.98 Å². The molecule has 1 aromatic carbocycles. The van der Waals surface area contributed by atoms with Crippen LogP contribution in [0.15, 0.2) is 36.4 Å². The first-order valence-corrected chi connectivity index (χ1v) is 7.35. The van der Waals surface area contributed by atoms with Crippen LogP contribution < -0.4 is 0 Å². The summed E-state index contributed by atoms with van der Waals surface area (Å²) >= 11 is 1.56. The summed E-state index contributed by atoms with van der Waals surface area (Å²) in [4.78, 5) is 19.0. The third kappa shape index (κ3) is 2.25. The zero-order chi connectivity index (χ0) is 14.3. The van der Waals surface area contributed by atoms with E-state index in [9.17, 15) is 4.79 Å². The zero-order valence-electron chi connectivity index (χ0n) is 11.7. The average Bonchev–Trinajstić information content (AvgIpc) is 2.77. The number of carbonyl (C=O) groups is 1. The number of hydrogen-bond donors (Lipinski definition) is 0. The summed E-state index contributed by atoms with van der Waals surface area (Å²) in [7, 11) is 0. The highest BCUT2D eigenvalue weighted by Crippen LogP contribution is 2.24. The number of benzene rings is 1. The largest absolute Gasteiger partial charge is 0.288 e. The van der Waals surface area contributed by atoms with Gasteiger partial charge >= 0.3 is 0 Å². The van der Waals surface area contributed by atoms with Crippen LogP contribution >= 0.6 is 11.3 Å². The van der Waals surface area contributed by atoms with E-state index in [4.69, 9.17) is 0 Å². The van der Waals surface area contributed by atoms with Gasteiger partial charge in [-0.15, -0.1) is 11.3 Å². The summed E-state index contributed by atoms with van der Waals surface area (Å²) in [5, 5.41) is 1.01. The van der Waals surface area contributed by atoms with Gasteiger partial charge in [0.2, 0.25) is 5.78 Å². The highest BCUT2D eigenvalue weighted by molar-refractivity contribution is 7.14. The summed E-state index contributed by atoms with van der Waals surface area (Å²) in [6.07, 6.45) is 0. The lowest BCUT2D eigenvalue weighted by Gasteiger charge is -2.02. The van der Waals surface area contributed by atoms with Gasteiger partial charge in [0, 0.05) is 21.5 Å². The number of carbonyl (C=O) groups excluding carboxylic acids is 1. The first-order chi connectivity index (χ1) is 9.54. The molecule has 0 unspecified atom stereocenters. The monoisotopic (exact) mass is 281 g/mol. The Morgan fingerprint density at radius 1 is 1.05 bits per heavy atom. The number of pyridine rings is 1. The van der Waals surface area contributed by atoms with Crippen molar-refractivity contribution >= 4 is 28.0 Å². The molecule has 100 valence electrons. The SMILES string of the molecule is Cc1ccc2cc(C(=O)c3cc(C)c(C)s3)ccc2n1. The minimum absolute atomic E-state index is 0.0914. The fourth-order valence-electron chi connectivity index (χ4n) is 2.20. The van der Waals surface area contributed by atoms with E-state index in [1.165, 1.54) is 10.4 Å². The summed E-state index contributed by atoms with van der Waals surface area (Å²) in [5.74, 6) is 0.0914. The van der Waals surface area contributed by atoms with E-state index in [2.05, 4.69) is 4.98 Å². The predicted octanol–water partition coefficient (Wildman–Crippen LogP) is 4.45. The molecule has 2 aromatic heterocycles. The second kappa shape index (κ2) is 4.84. The fourth-order valence-corrected chi connectivity index (χ4v) is 3.19. The lowest BCUT2D eigenvalue weighted by Crippen LogP contribution is -1.98. The van der Waals surface area contributed by atoms with Gasteiger partial charge in [-0.05, 0) is 56.7 Å². The van der Waals surface area contributed by atoms with Crippen molar-refractivity contribution in [2.75, 3.05) is 0 Å². The number of nitrogens with zero attached hydrogens (tertiary/aromatic N) is 1. The predicted molar refractivity (Wildman–Crippen MR) is 83.7 cm³/mol. The van der Waals surface area contributed by atoms with Crippen LogP contribution in [0.5, 0.6) is 0 Å². The lowest BCUT2D eigenvalue weighted by molar-refractivity contribution is 0.104. The summed E-state index contributed by atoms with van der Waals surface area (Å²) in [6, 6.07) is 11.7. The van der Waals surface area contributed by atoms with Crippen LogP contribution in [0, 0.1) is 20.8 Å². The van der Waals surface area contributed by atoms with Gasteiger partial charge < -0.3 is 0 Å². The quantitative estimate of drug-likeness (QED) is 0.649. The minimum atomic E-state index is 0.0914. The molecule has 3 rings (SSSR count). The zero-order valence-corrected chi connectivity index (χ0v) is 12.5. The van der Waals surface area contributed by atoms with Crippen LogP contribution in [0.1, 0.15) is 31.4 Å². The van der Waals surface area contributed by atoms with E-state index in [0.717, 1.165) is 27.0 Å². The van der Waals surface area contributed by atoms with Crippen molar-refractivity contribution < 1.29 is 4.79 Å².